The van der Waals surface area contributed by atoms with Crippen LogP contribution in [0.25, 0.3) is 11.3 Å². The van der Waals surface area contributed by atoms with Crippen molar-refractivity contribution in [2.45, 2.75) is 6.18 Å². The predicted molar refractivity (Wildman–Crippen MR) is 57.4 cm³/mol. The molecule has 0 N–H and O–H groups in total. The molecule has 1 aromatic heterocycles. The minimum Gasteiger partial charge on any atom is -0.207 e. The van der Waals surface area contributed by atoms with Gasteiger partial charge < -0.3 is 0 Å². The summed E-state index contributed by atoms with van der Waals surface area (Å²) in [5.41, 5.74) is -0.767. The highest BCUT2D eigenvalue weighted by Crippen LogP contribution is 2.35. The van der Waals surface area contributed by atoms with Gasteiger partial charge in [-0.15, -0.1) is 10.2 Å². The summed E-state index contributed by atoms with van der Waals surface area (Å²) in [5, 5.41) is 6.08. The molecule has 1 heterocycles. The predicted octanol–water partition coefficient (Wildman–Crippen LogP) is 3.95. The van der Waals surface area contributed by atoms with Crippen LogP contribution in [0.15, 0.2) is 30.3 Å². The Morgan fingerprint density at radius 1 is 1.00 bits per heavy atom. The number of rotatable bonds is 1. The first-order valence-corrected chi connectivity index (χ1v) is 5.12. The van der Waals surface area contributed by atoms with Crippen molar-refractivity contribution < 1.29 is 17.6 Å². The third-order valence-electron chi connectivity index (χ3n) is 2.19. The zero-order chi connectivity index (χ0) is 13.3. The number of hydrogen-bond donors (Lipinski definition) is 0. The summed E-state index contributed by atoms with van der Waals surface area (Å²) >= 11 is 5.34. The Hall–Kier alpha value is -1.69. The van der Waals surface area contributed by atoms with Crippen molar-refractivity contribution in [2.75, 3.05) is 0 Å². The van der Waals surface area contributed by atoms with Gasteiger partial charge in [0, 0.05) is 5.56 Å². The molecule has 0 aliphatic heterocycles. The molecular formula is C11H5ClF4N2. The van der Waals surface area contributed by atoms with Crippen LogP contribution in [0.5, 0.6) is 0 Å². The van der Waals surface area contributed by atoms with Crippen LogP contribution >= 0.6 is 11.6 Å². The van der Waals surface area contributed by atoms with Crippen LogP contribution < -0.4 is 0 Å². The van der Waals surface area contributed by atoms with Crippen molar-refractivity contribution in [3.05, 3.63) is 46.9 Å². The van der Waals surface area contributed by atoms with Gasteiger partial charge in [-0.2, -0.15) is 13.2 Å². The first kappa shape index (κ1) is 12.8. The van der Waals surface area contributed by atoms with E-state index < -0.39 is 22.7 Å². The summed E-state index contributed by atoms with van der Waals surface area (Å²) in [7, 11) is 0. The van der Waals surface area contributed by atoms with E-state index in [1.54, 1.807) is 0 Å². The van der Waals surface area contributed by atoms with E-state index >= 15 is 0 Å². The molecule has 0 bridgehead atoms. The van der Waals surface area contributed by atoms with Crippen LogP contribution in [-0.4, -0.2) is 10.2 Å². The van der Waals surface area contributed by atoms with E-state index in [-0.39, 0.29) is 5.69 Å². The smallest absolute Gasteiger partial charge is 0.207 e. The SMILES string of the molecule is Fc1ccc(-c2cc(C(F)(F)F)c(Cl)nn2)cc1. The maximum atomic E-state index is 12.7. The average Bonchev–Trinajstić information content (AvgIpc) is 2.29. The average molecular weight is 277 g/mol. The maximum absolute atomic E-state index is 12.7. The van der Waals surface area contributed by atoms with Crippen LogP contribution in [0, 0.1) is 5.82 Å². The summed E-state index contributed by atoms with van der Waals surface area (Å²) in [6.45, 7) is 0. The van der Waals surface area contributed by atoms with E-state index in [0.29, 0.717) is 5.56 Å². The van der Waals surface area contributed by atoms with Crippen LogP contribution in [0.3, 0.4) is 0 Å². The van der Waals surface area contributed by atoms with E-state index in [1.165, 1.54) is 12.1 Å². The van der Waals surface area contributed by atoms with Crippen molar-refractivity contribution in [3.8, 4) is 11.3 Å². The molecule has 0 unspecified atom stereocenters. The molecule has 2 rings (SSSR count). The molecule has 0 fully saturated rings. The molecule has 0 aliphatic carbocycles. The zero-order valence-electron chi connectivity index (χ0n) is 8.67. The topological polar surface area (TPSA) is 25.8 Å². The molecule has 1 aromatic carbocycles. The lowest BCUT2D eigenvalue weighted by Gasteiger charge is -2.09. The minimum atomic E-state index is -4.61. The lowest BCUT2D eigenvalue weighted by atomic mass is 10.1. The number of alkyl halides is 3. The minimum absolute atomic E-state index is 0.0216. The molecule has 2 nitrogen and oxygen atoms in total. The first-order chi connectivity index (χ1) is 8.38. The second-order valence-corrected chi connectivity index (χ2v) is 3.80. The molecule has 0 atom stereocenters. The number of hydrogen-bond acceptors (Lipinski definition) is 2. The molecule has 0 saturated carbocycles. The summed E-state index contributed by atoms with van der Waals surface area (Å²) in [5.74, 6) is -0.489. The van der Waals surface area contributed by atoms with Gasteiger partial charge in [-0.25, -0.2) is 4.39 Å². The fourth-order valence-corrected chi connectivity index (χ4v) is 1.54. The largest absolute Gasteiger partial charge is 0.419 e. The Kier molecular flexibility index (Phi) is 3.21. The highest BCUT2D eigenvalue weighted by molar-refractivity contribution is 6.30. The van der Waals surface area contributed by atoms with E-state index in [9.17, 15) is 17.6 Å². The third kappa shape index (κ3) is 2.59. The van der Waals surface area contributed by atoms with E-state index in [1.807, 2.05) is 0 Å². The number of halogens is 5. The number of aromatic nitrogens is 2. The van der Waals surface area contributed by atoms with Gasteiger partial charge in [0.05, 0.1) is 11.3 Å². The van der Waals surface area contributed by atoms with Crippen molar-refractivity contribution in [2.24, 2.45) is 0 Å². The van der Waals surface area contributed by atoms with Crippen molar-refractivity contribution >= 4 is 11.6 Å². The molecule has 0 radical (unpaired) electrons. The third-order valence-corrected chi connectivity index (χ3v) is 2.47. The van der Waals surface area contributed by atoms with Gasteiger partial charge in [0.1, 0.15) is 5.82 Å². The van der Waals surface area contributed by atoms with E-state index in [2.05, 4.69) is 10.2 Å². The molecule has 0 spiro atoms. The van der Waals surface area contributed by atoms with Crippen LogP contribution in [0.4, 0.5) is 17.6 Å². The summed E-state index contributed by atoms with van der Waals surface area (Å²) < 4.78 is 50.5. The molecule has 7 heteroatoms. The summed E-state index contributed by atoms with van der Waals surface area (Å²) in [6, 6.07) is 5.65. The Morgan fingerprint density at radius 2 is 1.61 bits per heavy atom. The number of benzene rings is 1. The quantitative estimate of drug-likeness (QED) is 0.737. The second-order valence-electron chi connectivity index (χ2n) is 3.44. The fraction of sp³-hybridized carbons (Fsp3) is 0.0909. The Balaban J connectivity index is 2.50. The van der Waals surface area contributed by atoms with E-state index in [4.69, 9.17) is 11.6 Å². The Labute approximate surface area is 104 Å². The lowest BCUT2D eigenvalue weighted by molar-refractivity contribution is -0.137. The Bertz CT molecular complexity index is 566. The molecule has 18 heavy (non-hydrogen) atoms. The van der Waals surface area contributed by atoms with Gasteiger partial charge in [0.2, 0.25) is 0 Å². The standard InChI is InChI=1S/C11H5ClF4N2/c12-10-8(11(14,15)16)5-9(17-18-10)6-1-3-7(13)4-2-6/h1-5H. The van der Waals surface area contributed by atoms with Gasteiger partial charge in [-0.05, 0) is 30.3 Å². The molecule has 0 saturated heterocycles. The zero-order valence-corrected chi connectivity index (χ0v) is 9.43. The molecule has 0 aliphatic rings. The number of nitrogens with zero attached hydrogens (tertiary/aromatic N) is 2. The van der Waals surface area contributed by atoms with Crippen molar-refractivity contribution in [3.63, 3.8) is 0 Å². The normalized spacial score (nSPS) is 11.6. The summed E-state index contributed by atoms with van der Waals surface area (Å²) in [4.78, 5) is 0. The van der Waals surface area contributed by atoms with Crippen molar-refractivity contribution in [1.82, 2.24) is 10.2 Å². The highest BCUT2D eigenvalue weighted by atomic mass is 35.5. The van der Waals surface area contributed by atoms with Crippen LogP contribution in [-0.2, 0) is 6.18 Å². The fourth-order valence-electron chi connectivity index (χ4n) is 1.34. The van der Waals surface area contributed by atoms with Gasteiger partial charge in [0.15, 0.2) is 5.15 Å². The van der Waals surface area contributed by atoms with Gasteiger partial charge in [0.25, 0.3) is 0 Å². The highest BCUT2D eigenvalue weighted by Gasteiger charge is 2.34. The van der Waals surface area contributed by atoms with Crippen LogP contribution in [0.2, 0.25) is 5.15 Å². The molecule has 2 aromatic rings. The maximum Gasteiger partial charge on any atom is 0.419 e. The van der Waals surface area contributed by atoms with E-state index in [0.717, 1.165) is 18.2 Å². The monoisotopic (exact) mass is 276 g/mol. The molecule has 0 amide bonds. The second kappa shape index (κ2) is 4.53. The van der Waals surface area contributed by atoms with Crippen molar-refractivity contribution in [1.29, 1.82) is 0 Å². The van der Waals surface area contributed by atoms with Gasteiger partial charge in [-0.1, -0.05) is 11.6 Å². The lowest BCUT2D eigenvalue weighted by Crippen LogP contribution is -2.08. The van der Waals surface area contributed by atoms with Crippen LogP contribution in [0.1, 0.15) is 5.56 Å². The Morgan fingerprint density at radius 3 is 2.17 bits per heavy atom. The van der Waals surface area contributed by atoms with Gasteiger partial charge in [-0.3, -0.25) is 0 Å². The first-order valence-electron chi connectivity index (χ1n) is 4.74. The summed E-state index contributed by atoms with van der Waals surface area (Å²) in [6.07, 6.45) is -4.61. The molecule has 94 valence electrons. The van der Waals surface area contributed by atoms with Gasteiger partial charge >= 0.3 is 6.18 Å². The molecular weight excluding hydrogens is 272 g/mol.